The Bertz CT molecular complexity index is 1270. The van der Waals surface area contributed by atoms with Gasteiger partial charge in [-0.25, -0.2) is 4.90 Å². The summed E-state index contributed by atoms with van der Waals surface area (Å²) < 4.78 is 0. The van der Waals surface area contributed by atoms with Crippen LogP contribution in [0.5, 0.6) is 0 Å². The molecule has 3 aliphatic rings. The average Bonchev–Trinajstić information content (AvgIpc) is 3.47. The van der Waals surface area contributed by atoms with Crippen LogP contribution in [0, 0.1) is 23.7 Å². The molecule has 0 spiro atoms. The quantitative estimate of drug-likeness (QED) is 0.326. The number of anilines is 1. The van der Waals surface area contributed by atoms with Gasteiger partial charge in [-0.15, -0.1) is 0 Å². The summed E-state index contributed by atoms with van der Waals surface area (Å²) in [6.45, 7) is 0. The number of hydrogen-bond acceptors (Lipinski definition) is 2. The third-order valence-electron chi connectivity index (χ3n) is 6.98. The largest absolute Gasteiger partial charge is 0.274 e. The fraction of sp³-hybridized carbons (Fsp3) is 0.143. The van der Waals surface area contributed by atoms with Crippen LogP contribution in [0.15, 0.2) is 96.6 Å². The van der Waals surface area contributed by atoms with Gasteiger partial charge in [0.1, 0.15) is 0 Å². The second-order valence-corrected chi connectivity index (χ2v) is 9.50. The maximum atomic E-state index is 13.6. The van der Waals surface area contributed by atoms with Crippen molar-refractivity contribution in [3.05, 3.63) is 118 Å². The lowest BCUT2D eigenvalue weighted by atomic mass is 9.85. The highest BCUT2D eigenvalue weighted by atomic mass is 35.5. The molecule has 5 heteroatoms. The molecule has 3 aromatic carbocycles. The van der Waals surface area contributed by atoms with E-state index in [0.717, 1.165) is 22.3 Å². The highest BCUT2D eigenvalue weighted by Crippen LogP contribution is 2.59. The molecule has 3 nitrogen and oxygen atoms in total. The molecule has 0 aromatic heterocycles. The number of carbonyl (C=O) groups is 2. The highest BCUT2D eigenvalue weighted by Gasteiger charge is 2.62. The predicted molar refractivity (Wildman–Crippen MR) is 131 cm³/mol. The summed E-state index contributed by atoms with van der Waals surface area (Å²) in [5.74, 6) is -1.53. The molecule has 3 aromatic rings. The van der Waals surface area contributed by atoms with E-state index in [4.69, 9.17) is 23.2 Å². The van der Waals surface area contributed by atoms with Crippen molar-refractivity contribution in [3.8, 4) is 0 Å². The Morgan fingerprint density at radius 2 is 1.21 bits per heavy atom. The van der Waals surface area contributed by atoms with E-state index in [1.54, 1.807) is 18.2 Å². The van der Waals surface area contributed by atoms with Crippen LogP contribution in [0.3, 0.4) is 0 Å². The van der Waals surface area contributed by atoms with Crippen molar-refractivity contribution >= 4 is 46.3 Å². The summed E-state index contributed by atoms with van der Waals surface area (Å²) >= 11 is 12.5. The van der Waals surface area contributed by atoms with Gasteiger partial charge in [0.2, 0.25) is 11.8 Å². The Morgan fingerprint density at radius 1 is 0.697 bits per heavy atom. The smallest absolute Gasteiger partial charge is 0.238 e. The van der Waals surface area contributed by atoms with Gasteiger partial charge in [-0.1, -0.05) is 96.0 Å². The van der Waals surface area contributed by atoms with Crippen molar-refractivity contribution in [2.24, 2.45) is 23.7 Å². The topological polar surface area (TPSA) is 37.4 Å². The molecule has 2 fully saturated rings. The van der Waals surface area contributed by atoms with Crippen LogP contribution < -0.4 is 4.90 Å². The number of allylic oxidation sites excluding steroid dienone is 3. The van der Waals surface area contributed by atoms with Gasteiger partial charge in [-0.2, -0.15) is 0 Å². The van der Waals surface area contributed by atoms with Crippen molar-refractivity contribution in [2.45, 2.75) is 0 Å². The van der Waals surface area contributed by atoms with Crippen LogP contribution in [0.4, 0.5) is 5.69 Å². The molecular weight excluding hydrogens is 453 g/mol. The van der Waals surface area contributed by atoms with E-state index in [1.165, 1.54) is 4.90 Å². The third-order valence-corrected chi connectivity index (χ3v) is 7.53. The summed E-state index contributed by atoms with van der Waals surface area (Å²) in [6.07, 6.45) is 4.20. The van der Waals surface area contributed by atoms with Crippen LogP contribution in [-0.2, 0) is 9.59 Å². The summed E-state index contributed by atoms with van der Waals surface area (Å²) in [7, 11) is 0. The summed E-state index contributed by atoms with van der Waals surface area (Å²) in [5, 5.41) is 0.774. The first-order valence-corrected chi connectivity index (χ1v) is 11.7. The predicted octanol–water partition coefficient (Wildman–Crippen LogP) is 6.42. The molecule has 162 valence electrons. The molecular formula is C28H19Cl2NO2. The zero-order valence-corrected chi connectivity index (χ0v) is 19.0. The van der Waals surface area contributed by atoms with Crippen LogP contribution in [0.2, 0.25) is 10.0 Å². The lowest BCUT2D eigenvalue weighted by Crippen LogP contribution is -2.33. The molecule has 1 saturated heterocycles. The maximum Gasteiger partial charge on any atom is 0.238 e. The number of amides is 2. The normalized spacial score (nSPS) is 25.2. The van der Waals surface area contributed by atoms with Crippen molar-refractivity contribution in [3.63, 3.8) is 0 Å². The monoisotopic (exact) mass is 471 g/mol. The van der Waals surface area contributed by atoms with Gasteiger partial charge in [-0.05, 0) is 40.5 Å². The van der Waals surface area contributed by atoms with Gasteiger partial charge in [-0.3, -0.25) is 9.59 Å². The van der Waals surface area contributed by atoms with Crippen molar-refractivity contribution in [1.29, 1.82) is 0 Å². The number of benzene rings is 3. The van der Waals surface area contributed by atoms with Gasteiger partial charge in [0.05, 0.1) is 22.5 Å². The molecule has 1 heterocycles. The van der Waals surface area contributed by atoms with Gasteiger partial charge < -0.3 is 0 Å². The minimum atomic E-state index is -0.431. The van der Waals surface area contributed by atoms with E-state index < -0.39 is 11.8 Å². The standard InChI is InChI=1S/C28H19Cl2NO2/c29-18-11-14-21(30)22(15-18)31-27(32)25-19-12-13-20(26(25)28(31)33)24(19)23(16-7-3-1-4-8-16)17-9-5-2-6-10-17/h1-15,19-20,25-26H/t19-,20-,25-,26+/m0/s1. The minimum Gasteiger partial charge on any atom is -0.274 e. The molecule has 6 rings (SSSR count). The van der Waals surface area contributed by atoms with E-state index in [1.807, 2.05) is 36.4 Å². The molecule has 1 aliphatic heterocycles. The Morgan fingerprint density at radius 3 is 1.73 bits per heavy atom. The molecule has 0 N–H and O–H groups in total. The summed E-state index contributed by atoms with van der Waals surface area (Å²) in [6, 6.07) is 25.3. The van der Waals surface area contributed by atoms with Gasteiger partial charge in [0.15, 0.2) is 0 Å². The van der Waals surface area contributed by atoms with Crippen LogP contribution in [0.1, 0.15) is 11.1 Å². The molecule has 0 unspecified atom stereocenters. The lowest BCUT2D eigenvalue weighted by molar-refractivity contribution is -0.122. The van der Waals surface area contributed by atoms with Crippen LogP contribution >= 0.6 is 23.2 Å². The number of imide groups is 1. The Balaban J connectivity index is 1.50. The zero-order valence-electron chi connectivity index (χ0n) is 17.5. The van der Waals surface area contributed by atoms with Crippen molar-refractivity contribution in [1.82, 2.24) is 0 Å². The first kappa shape index (κ1) is 20.5. The first-order valence-electron chi connectivity index (χ1n) is 10.9. The fourth-order valence-electron chi connectivity index (χ4n) is 5.70. The van der Waals surface area contributed by atoms with Gasteiger partial charge >= 0.3 is 0 Å². The summed E-state index contributed by atoms with van der Waals surface area (Å²) in [5.41, 5.74) is 4.81. The number of fused-ring (bicyclic) bond motifs is 5. The van der Waals surface area contributed by atoms with Crippen molar-refractivity contribution < 1.29 is 9.59 Å². The third kappa shape index (κ3) is 3.03. The zero-order chi connectivity index (χ0) is 22.7. The van der Waals surface area contributed by atoms with Gasteiger partial charge in [0.25, 0.3) is 0 Å². The number of nitrogens with zero attached hydrogens (tertiary/aromatic N) is 1. The maximum absolute atomic E-state index is 13.6. The SMILES string of the molecule is O=C1[C@@H]2[C@H](C(=O)N1c1cc(Cl)ccc1Cl)[C@H]1C=C[C@H]2C1=C(c1ccccc1)c1ccccc1. The van der Waals surface area contributed by atoms with E-state index >= 15 is 0 Å². The second-order valence-electron chi connectivity index (χ2n) is 8.66. The lowest BCUT2D eigenvalue weighted by Gasteiger charge is -2.22. The fourth-order valence-corrected chi connectivity index (χ4v) is 6.07. The second kappa shape index (κ2) is 7.72. The molecule has 0 radical (unpaired) electrons. The number of halogens is 2. The molecule has 2 aliphatic carbocycles. The molecule has 4 atom stereocenters. The van der Waals surface area contributed by atoms with Crippen molar-refractivity contribution in [2.75, 3.05) is 4.90 Å². The minimum absolute atomic E-state index is 0.130. The summed E-state index contributed by atoms with van der Waals surface area (Å²) in [4.78, 5) is 28.5. The van der Waals surface area contributed by atoms with Crippen LogP contribution in [-0.4, -0.2) is 11.8 Å². The van der Waals surface area contributed by atoms with Crippen LogP contribution in [0.25, 0.3) is 5.57 Å². The van der Waals surface area contributed by atoms with E-state index in [2.05, 4.69) is 36.4 Å². The Labute approximate surface area is 201 Å². The molecule has 2 amide bonds. The molecule has 2 bridgehead atoms. The van der Waals surface area contributed by atoms with E-state index in [0.29, 0.717) is 15.7 Å². The Kier molecular flexibility index (Phi) is 4.79. The average molecular weight is 472 g/mol. The number of carbonyl (C=O) groups excluding carboxylic acids is 2. The van der Waals surface area contributed by atoms with E-state index in [9.17, 15) is 9.59 Å². The molecule has 1 saturated carbocycles. The highest BCUT2D eigenvalue weighted by molar-refractivity contribution is 6.38. The molecule has 33 heavy (non-hydrogen) atoms. The Hall–Kier alpha value is -3.14. The first-order chi connectivity index (χ1) is 16.1. The van der Waals surface area contributed by atoms with Gasteiger partial charge in [0, 0.05) is 16.9 Å². The van der Waals surface area contributed by atoms with E-state index in [-0.39, 0.29) is 23.7 Å². The number of hydrogen-bond donors (Lipinski definition) is 0. The number of rotatable bonds is 3.